The van der Waals surface area contributed by atoms with Crippen LogP contribution in [0.2, 0.25) is 0 Å². The Bertz CT molecular complexity index is 357. The molecule has 0 saturated carbocycles. The number of hydrogen-bond donors (Lipinski definition) is 2. The van der Waals surface area contributed by atoms with Crippen molar-refractivity contribution in [1.82, 2.24) is 4.98 Å². The third-order valence-corrected chi connectivity index (χ3v) is 1.95. The first kappa shape index (κ1) is 12.2. The Morgan fingerprint density at radius 3 is 2.44 bits per heavy atom. The van der Waals surface area contributed by atoms with Gasteiger partial charge in [-0.2, -0.15) is 0 Å². The van der Waals surface area contributed by atoms with E-state index in [-0.39, 0.29) is 11.8 Å². The molecule has 0 bridgehead atoms. The van der Waals surface area contributed by atoms with Crippen molar-refractivity contribution in [2.45, 2.75) is 26.7 Å². The molecule has 0 aliphatic heterocycles. The minimum atomic E-state index is -0.105. The van der Waals surface area contributed by atoms with Gasteiger partial charge in [0.1, 0.15) is 5.82 Å². The van der Waals surface area contributed by atoms with Crippen LogP contribution in [0.4, 0.5) is 11.5 Å². The van der Waals surface area contributed by atoms with E-state index in [1.54, 1.807) is 26.0 Å². The SMILES string of the molecule is CCC(=O)Nc1ccnc(NC(=O)CC)c1. The highest BCUT2D eigenvalue weighted by Crippen LogP contribution is 2.12. The second-order valence-electron chi connectivity index (χ2n) is 3.23. The predicted molar refractivity (Wildman–Crippen MR) is 62.1 cm³/mol. The summed E-state index contributed by atoms with van der Waals surface area (Å²) in [5, 5.41) is 5.31. The maximum atomic E-state index is 11.2. The number of nitrogens with zero attached hydrogens (tertiary/aromatic N) is 1. The van der Waals surface area contributed by atoms with Crippen LogP contribution in [0.1, 0.15) is 26.7 Å². The van der Waals surface area contributed by atoms with Gasteiger partial charge < -0.3 is 10.6 Å². The maximum Gasteiger partial charge on any atom is 0.225 e. The van der Waals surface area contributed by atoms with Crippen molar-refractivity contribution < 1.29 is 9.59 Å². The Balaban J connectivity index is 2.71. The van der Waals surface area contributed by atoms with E-state index in [0.29, 0.717) is 24.3 Å². The molecule has 0 aliphatic rings. The van der Waals surface area contributed by atoms with Crippen molar-refractivity contribution in [3.63, 3.8) is 0 Å². The molecule has 0 fully saturated rings. The molecule has 0 aliphatic carbocycles. The summed E-state index contributed by atoms with van der Waals surface area (Å²) >= 11 is 0. The first-order valence-corrected chi connectivity index (χ1v) is 5.21. The molecular weight excluding hydrogens is 206 g/mol. The van der Waals surface area contributed by atoms with E-state index in [0.717, 1.165) is 0 Å². The standard InChI is InChI=1S/C11H15N3O2/c1-3-10(15)13-8-5-6-12-9(7-8)14-11(16)4-2/h5-7H,3-4H2,1-2H3,(H2,12,13,14,15,16). The van der Waals surface area contributed by atoms with Crippen molar-refractivity contribution in [3.8, 4) is 0 Å². The van der Waals surface area contributed by atoms with Crippen LogP contribution in [0.3, 0.4) is 0 Å². The van der Waals surface area contributed by atoms with E-state index in [1.165, 1.54) is 6.20 Å². The molecule has 0 atom stereocenters. The zero-order valence-electron chi connectivity index (χ0n) is 9.41. The molecule has 1 aromatic rings. The van der Waals surface area contributed by atoms with Crippen LogP contribution in [0.5, 0.6) is 0 Å². The van der Waals surface area contributed by atoms with Gasteiger partial charge in [-0.15, -0.1) is 0 Å². The predicted octanol–water partition coefficient (Wildman–Crippen LogP) is 1.78. The lowest BCUT2D eigenvalue weighted by atomic mass is 10.3. The second-order valence-corrected chi connectivity index (χ2v) is 3.23. The number of hydrogen-bond acceptors (Lipinski definition) is 3. The third kappa shape index (κ3) is 3.68. The molecule has 5 nitrogen and oxygen atoms in total. The van der Waals surface area contributed by atoms with Crippen LogP contribution in [0.25, 0.3) is 0 Å². The number of anilines is 2. The molecule has 0 unspecified atom stereocenters. The van der Waals surface area contributed by atoms with Crippen molar-refractivity contribution in [1.29, 1.82) is 0 Å². The summed E-state index contributed by atoms with van der Waals surface area (Å²) < 4.78 is 0. The molecule has 0 aromatic carbocycles. The van der Waals surface area contributed by atoms with Crippen LogP contribution in [0, 0.1) is 0 Å². The topological polar surface area (TPSA) is 71.1 Å². The molecule has 0 saturated heterocycles. The van der Waals surface area contributed by atoms with E-state index < -0.39 is 0 Å². The fraction of sp³-hybridized carbons (Fsp3) is 0.364. The summed E-state index contributed by atoms with van der Waals surface area (Å²) in [5.41, 5.74) is 0.633. The van der Waals surface area contributed by atoms with E-state index in [9.17, 15) is 9.59 Å². The molecule has 1 aromatic heterocycles. The van der Waals surface area contributed by atoms with Gasteiger partial charge >= 0.3 is 0 Å². The van der Waals surface area contributed by atoms with Crippen LogP contribution < -0.4 is 10.6 Å². The summed E-state index contributed by atoms with van der Waals surface area (Å²) in [5.74, 6) is 0.270. The summed E-state index contributed by atoms with van der Waals surface area (Å²) in [6.45, 7) is 3.54. The lowest BCUT2D eigenvalue weighted by Gasteiger charge is -2.06. The van der Waals surface area contributed by atoms with E-state index in [4.69, 9.17) is 0 Å². The van der Waals surface area contributed by atoms with E-state index in [2.05, 4.69) is 15.6 Å². The van der Waals surface area contributed by atoms with Crippen LogP contribution in [-0.2, 0) is 9.59 Å². The lowest BCUT2D eigenvalue weighted by Crippen LogP contribution is -2.12. The van der Waals surface area contributed by atoms with Crippen molar-refractivity contribution in [3.05, 3.63) is 18.3 Å². The summed E-state index contributed by atoms with van der Waals surface area (Å²) in [7, 11) is 0. The summed E-state index contributed by atoms with van der Waals surface area (Å²) in [4.78, 5) is 26.3. The highest BCUT2D eigenvalue weighted by Gasteiger charge is 2.03. The highest BCUT2D eigenvalue weighted by atomic mass is 16.2. The Morgan fingerprint density at radius 1 is 1.19 bits per heavy atom. The molecule has 1 rings (SSSR count). The minimum absolute atomic E-state index is 0.0704. The molecule has 2 N–H and O–H groups in total. The average molecular weight is 221 g/mol. The van der Waals surface area contributed by atoms with Gasteiger partial charge in [-0.1, -0.05) is 13.8 Å². The zero-order chi connectivity index (χ0) is 12.0. The largest absolute Gasteiger partial charge is 0.326 e. The second kappa shape index (κ2) is 5.85. The molecule has 16 heavy (non-hydrogen) atoms. The molecule has 0 spiro atoms. The quantitative estimate of drug-likeness (QED) is 0.814. The molecule has 86 valence electrons. The molecule has 5 heteroatoms. The molecular formula is C11H15N3O2. The number of amides is 2. The highest BCUT2D eigenvalue weighted by molar-refractivity contribution is 5.92. The number of aromatic nitrogens is 1. The van der Waals surface area contributed by atoms with Gasteiger partial charge in [0.15, 0.2) is 0 Å². The maximum absolute atomic E-state index is 11.2. The molecule has 2 amide bonds. The molecule has 0 radical (unpaired) electrons. The Kier molecular flexibility index (Phi) is 4.44. The Morgan fingerprint density at radius 2 is 1.81 bits per heavy atom. The fourth-order valence-corrected chi connectivity index (χ4v) is 1.06. The van der Waals surface area contributed by atoms with E-state index >= 15 is 0 Å². The Labute approximate surface area is 94.3 Å². The summed E-state index contributed by atoms with van der Waals surface area (Å²) in [6.07, 6.45) is 2.35. The third-order valence-electron chi connectivity index (χ3n) is 1.95. The fourth-order valence-electron chi connectivity index (χ4n) is 1.06. The minimum Gasteiger partial charge on any atom is -0.326 e. The van der Waals surface area contributed by atoms with Gasteiger partial charge in [0, 0.05) is 30.8 Å². The normalized spacial score (nSPS) is 9.62. The monoisotopic (exact) mass is 221 g/mol. The number of pyridine rings is 1. The Hall–Kier alpha value is -1.91. The average Bonchev–Trinajstić information content (AvgIpc) is 2.29. The lowest BCUT2D eigenvalue weighted by molar-refractivity contribution is -0.116. The van der Waals surface area contributed by atoms with Crippen molar-refractivity contribution in [2.24, 2.45) is 0 Å². The molecule has 1 heterocycles. The van der Waals surface area contributed by atoms with Gasteiger partial charge in [0.25, 0.3) is 0 Å². The number of nitrogens with one attached hydrogen (secondary N) is 2. The van der Waals surface area contributed by atoms with Crippen molar-refractivity contribution in [2.75, 3.05) is 10.6 Å². The van der Waals surface area contributed by atoms with Crippen LogP contribution in [0.15, 0.2) is 18.3 Å². The number of carbonyl (C=O) groups excluding carboxylic acids is 2. The van der Waals surface area contributed by atoms with Gasteiger partial charge in [-0.3, -0.25) is 9.59 Å². The van der Waals surface area contributed by atoms with E-state index in [1.807, 2.05) is 0 Å². The first-order valence-electron chi connectivity index (χ1n) is 5.21. The first-order chi connectivity index (χ1) is 7.65. The van der Waals surface area contributed by atoms with Crippen LogP contribution in [-0.4, -0.2) is 16.8 Å². The van der Waals surface area contributed by atoms with Gasteiger partial charge in [0.05, 0.1) is 0 Å². The smallest absolute Gasteiger partial charge is 0.225 e. The van der Waals surface area contributed by atoms with Gasteiger partial charge in [-0.05, 0) is 6.07 Å². The summed E-state index contributed by atoms with van der Waals surface area (Å²) in [6, 6.07) is 3.30. The van der Waals surface area contributed by atoms with Gasteiger partial charge in [0.2, 0.25) is 11.8 Å². The van der Waals surface area contributed by atoms with Crippen molar-refractivity contribution >= 4 is 23.3 Å². The van der Waals surface area contributed by atoms with Crippen LogP contribution >= 0.6 is 0 Å². The zero-order valence-corrected chi connectivity index (χ0v) is 9.41. The number of carbonyl (C=O) groups is 2. The number of rotatable bonds is 4. The van der Waals surface area contributed by atoms with Gasteiger partial charge in [-0.25, -0.2) is 4.98 Å².